The number of anilines is 1. The van der Waals surface area contributed by atoms with E-state index in [4.69, 9.17) is 5.11 Å². The second kappa shape index (κ2) is 7.93. The first-order valence-electron chi connectivity index (χ1n) is 8.21. The normalized spacial score (nSPS) is 10.9. The number of aromatic hydroxyl groups is 1. The van der Waals surface area contributed by atoms with Crippen LogP contribution in [0.4, 0.5) is 5.69 Å². The Morgan fingerprint density at radius 3 is 2.50 bits per heavy atom. The van der Waals surface area contributed by atoms with E-state index in [1.807, 2.05) is 6.07 Å². The Bertz CT molecular complexity index is 1110. The first-order valence-corrected chi connectivity index (χ1v) is 8.21. The summed E-state index contributed by atoms with van der Waals surface area (Å²) in [6.45, 7) is 0. The van der Waals surface area contributed by atoms with Crippen LogP contribution >= 0.6 is 0 Å². The molecule has 0 radical (unpaired) electrons. The molecule has 0 saturated carbocycles. The van der Waals surface area contributed by atoms with Crippen LogP contribution in [0.3, 0.4) is 0 Å². The van der Waals surface area contributed by atoms with Gasteiger partial charge in [-0.05, 0) is 60.7 Å². The summed E-state index contributed by atoms with van der Waals surface area (Å²) in [6.07, 6.45) is 3.20. The average Bonchev–Trinajstić information content (AvgIpc) is 3.15. The van der Waals surface area contributed by atoms with Crippen molar-refractivity contribution in [2.45, 2.75) is 0 Å². The number of phenolic OH excluding ortho intramolecular Hbond substituents is 1. The van der Waals surface area contributed by atoms with Gasteiger partial charge < -0.3 is 20.1 Å². The van der Waals surface area contributed by atoms with Crippen molar-refractivity contribution in [1.82, 2.24) is 4.57 Å². The fraction of sp³-hybridized carbons (Fsp3) is 0. The molecule has 0 aliphatic rings. The van der Waals surface area contributed by atoms with Crippen molar-refractivity contribution in [1.29, 1.82) is 5.26 Å². The monoisotopic (exact) mass is 373 g/mol. The summed E-state index contributed by atoms with van der Waals surface area (Å²) in [4.78, 5) is 23.5. The minimum absolute atomic E-state index is 0.0292. The van der Waals surface area contributed by atoms with E-state index in [0.29, 0.717) is 5.69 Å². The van der Waals surface area contributed by atoms with Crippen LogP contribution in [0.15, 0.2) is 72.4 Å². The third-order valence-corrected chi connectivity index (χ3v) is 3.93. The van der Waals surface area contributed by atoms with Crippen LogP contribution in [-0.4, -0.2) is 26.7 Å². The lowest BCUT2D eigenvalue weighted by atomic mass is 10.1. The quantitative estimate of drug-likeness (QED) is 0.468. The zero-order chi connectivity index (χ0) is 20.1. The second-order valence-corrected chi connectivity index (χ2v) is 5.83. The van der Waals surface area contributed by atoms with Crippen LogP contribution in [0, 0.1) is 11.3 Å². The number of carboxylic acid groups (broad SMARTS) is 1. The van der Waals surface area contributed by atoms with E-state index in [9.17, 15) is 20.0 Å². The maximum Gasteiger partial charge on any atom is 0.335 e. The zero-order valence-corrected chi connectivity index (χ0v) is 14.5. The lowest BCUT2D eigenvalue weighted by Crippen LogP contribution is -2.14. The van der Waals surface area contributed by atoms with Crippen LogP contribution in [0.5, 0.6) is 5.75 Å². The topological polar surface area (TPSA) is 115 Å². The highest BCUT2D eigenvalue weighted by molar-refractivity contribution is 6.09. The van der Waals surface area contributed by atoms with E-state index >= 15 is 0 Å². The number of nitrogens with zero attached hydrogens (tertiary/aromatic N) is 2. The Morgan fingerprint density at radius 2 is 1.82 bits per heavy atom. The van der Waals surface area contributed by atoms with Crippen LogP contribution in [0.1, 0.15) is 16.1 Å². The summed E-state index contributed by atoms with van der Waals surface area (Å²) < 4.78 is 1.76. The number of phenols is 1. The molecule has 28 heavy (non-hydrogen) atoms. The molecular formula is C21H15N3O4. The summed E-state index contributed by atoms with van der Waals surface area (Å²) in [5.74, 6) is -1.63. The van der Waals surface area contributed by atoms with Gasteiger partial charge in [0.2, 0.25) is 0 Å². The number of aromatic nitrogens is 1. The van der Waals surface area contributed by atoms with Gasteiger partial charge in [-0.3, -0.25) is 4.79 Å². The van der Waals surface area contributed by atoms with Crippen molar-refractivity contribution < 1.29 is 19.8 Å². The maximum absolute atomic E-state index is 12.5. The lowest BCUT2D eigenvalue weighted by Gasteiger charge is -2.08. The van der Waals surface area contributed by atoms with E-state index in [2.05, 4.69) is 5.32 Å². The summed E-state index contributed by atoms with van der Waals surface area (Å²) in [5, 5.41) is 30.4. The number of aromatic carboxylic acids is 1. The number of carboxylic acids is 1. The predicted octanol–water partition coefficient (Wildman–Crippen LogP) is 3.43. The first-order chi connectivity index (χ1) is 13.5. The molecule has 3 rings (SSSR count). The standard InChI is InChI=1S/C21H15N3O4/c22-13-15(20(26)23-16-4-1-3-14(11-16)21(27)28)12-18-5-2-10-24(18)17-6-8-19(25)9-7-17/h1-12,25H,(H,23,26)(H,27,28)/b15-12-. The van der Waals surface area contributed by atoms with Gasteiger partial charge in [0.05, 0.1) is 5.56 Å². The number of amides is 1. The largest absolute Gasteiger partial charge is 0.508 e. The molecule has 7 heteroatoms. The summed E-state index contributed by atoms with van der Waals surface area (Å²) in [6, 6.07) is 17.6. The minimum atomic E-state index is -1.11. The molecule has 0 unspecified atom stereocenters. The van der Waals surface area contributed by atoms with Crippen molar-refractivity contribution in [3.63, 3.8) is 0 Å². The van der Waals surface area contributed by atoms with Crippen molar-refractivity contribution >= 4 is 23.6 Å². The fourth-order valence-electron chi connectivity index (χ4n) is 2.58. The number of carbonyl (C=O) groups is 2. The van der Waals surface area contributed by atoms with Crippen molar-refractivity contribution in [3.05, 3.63) is 83.7 Å². The number of carbonyl (C=O) groups excluding carboxylic acids is 1. The van der Waals surface area contributed by atoms with Gasteiger partial charge in [-0.2, -0.15) is 5.26 Å². The summed E-state index contributed by atoms with van der Waals surface area (Å²) in [7, 11) is 0. The highest BCUT2D eigenvalue weighted by atomic mass is 16.4. The Labute approximate surface area is 160 Å². The van der Waals surface area contributed by atoms with Gasteiger partial charge in [0.15, 0.2) is 0 Å². The maximum atomic E-state index is 12.5. The molecule has 0 saturated heterocycles. The van der Waals surface area contributed by atoms with Gasteiger partial charge in [0.1, 0.15) is 17.4 Å². The molecule has 1 amide bonds. The first kappa shape index (κ1) is 18.5. The van der Waals surface area contributed by atoms with Crippen LogP contribution in [-0.2, 0) is 4.79 Å². The molecule has 3 N–H and O–H groups in total. The van der Waals surface area contributed by atoms with Crippen LogP contribution < -0.4 is 5.32 Å². The molecular weight excluding hydrogens is 358 g/mol. The van der Waals surface area contributed by atoms with Gasteiger partial charge in [-0.25, -0.2) is 4.79 Å². The van der Waals surface area contributed by atoms with Gasteiger partial charge >= 0.3 is 5.97 Å². The molecule has 0 aliphatic heterocycles. The molecule has 1 aromatic heterocycles. The number of nitrogens with one attached hydrogen (secondary N) is 1. The molecule has 3 aromatic rings. The van der Waals surface area contributed by atoms with E-state index in [0.717, 1.165) is 5.69 Å². The van der Waals surface area contributed by atoms with Crippen molar-refractivity contribution in [2.24, 2.45) is 0 Å². The Hall–Kier alpha value is -4.31. The fourth-order valence-corrected chi connectivity index (χ4v) is 2.58. The Balaban J connectivity index is 1.87. The molecule has 0 spiro atoms. The zero-order valence-electron chi connectivity index (χ0n) is 14.5. The van der Waals surface area contributed by atoms with E-state index < -0.39 is 11.9 Å². The SMILES string of the molecule is N#C/C(=C/c1cccn1-c1ccc(O)cc1)C(=O)Nc1cccc(C(=O)O)c1. The van der Waals surface area contributed by atoms with Gasteiger partial charge in [-0.1, -0.05) is 6.07 Å². The number of hydrogen-bond acceptors (Lipinski definition) is 4. The Morgan fingerprint density at radius 1 is 1.07 bits per heavy atom. The molecule has 1 heterocycles. The number of benzene rings is 2. The minimum Gasteiger partial charge on any atom is -0.508 e. The number of hydrogen-bond donors (Lipinski definition) is 3. The molecule has 7 nitrogen and oxygen atoms in total. The van der Waals surface area contributed by atoms with Crippen LogP contribution in [0.25, 0.3) is 11.8 Å². The lowest BCUT2D eigenvalue weighted by molar-refractivity contribution is -0.112. The molecule has 0 atom stereocenters. The molecule has 0 aliphatic carbocycles. The molecule has 0 fully saturated rings. The van der Waals surface area contributed by atoms with Crippen molar-refractivity contribution in [2.75, 3.05) is 5.32 Å². The third kappa shape index (κ3) is 4.08. The Kier molecular flexibility index (Phi) is 5.23. The van der Waals surface area contributed by atoms with E-state index in [-0.39, 0.29) is 22.6 Å². The van der Waals surface area contributed by atoms with E-state index in [1.165, 1.54) is 36.4 Å². The van der Waals surface area contributed by atoms with Crippen molar-refractivity contribution in [3.8, 4) is 17.5 Å². The third-order valence-electron chi connectivity index (χ3n) is 3.93. The molecule has 2 aromatic carbocycles. The van der Waals surface area contributed by atoms with Gasteiger partial charge in [-0.15, -0.1) is 0 Å². The predicted molar refractivity (Wildman–Crippen MR) is 103 cm³/mol. The highest BCUT2D eigenvalue weighted by Gasteiger charge is 2.12. The number of rotatable bonds is 5. The highest BCUT2D eigenvalue weighted by Crippen LogP contribution is 2.19. The van der Waals surface area contributed by atoms with Crippen LogP contribution in [0.2, 0.25) is 0 Å². The summed E-state index contributed by atoms with van der Waals surface area (Å²) in [5.41, 5.74) is 1.51. The second-order valence-electron chi connectivity index (χ2n) is 5.83. The average molecular weight is 373 g/mol. The van der Waals surface area contributed by atoms with Gasteiger partial charge in [0.25, 0.3) is 5.91 Å². The molecule has 138 valence electrons. The number of nitriles is 1. The van der Waals surface area contributed by atoms with E-state index in [1.54, 1.807) is 41.1 Å². The summed E-state index contributed by atoms with van der Waals surface area (Å²) >= 11 is 0. The molecule has 0 bridgehead atoms. The smallest absolute Gasteiger partial charge is 0.335 e. The van der Waals surface area contributed by atoms with Gasteiger partial charge in [0, 0.05) is 23.3 Å².